The van der Waals surface area contributed by atoms with Crippen LogP contribution in [0.3, 0.4) is 0 Å². The molecule has 0 saturated carbocycles. The molecule has 14 heavy (non-hydrogen) atoms. The van der Waals surface area contributed by atoms with E-state index in [0.29, 0.717) is 0 Å². The molecule has 0 heterocycles. The first-order valence-electron chi connectivity index (χ1n) is 3.79. The zero-order chi connectivity index (χ0) is 11.8. The molecule has 0 aliphatic rings. The molecule has 0 fully saturated rings. The molecule has 7 nitrogen and oxygen atoms in total. The van der Waals surface area contributed by atoms with Crippen LogP contribution in [0.25, 0.3) is 0 Å². The van der Waals surface area contributed by atoms with Gasteiger partial charge in [0.2, 0.25) is 0 Å². The van der Waals surface area contributed by atoms with Gasteiger partial charge in [0, 0.05) is 13.1 Å². The van der Waals surface area contributed by atoms with E-state index in [1.807, 2.05) is 0 Å². The summed E-state index contributed by atoms with van der Waals surface area (Å²) < 4.78 is 28.0. The van der Waals surface area contributed by atoms with Crippen molar-refractivity contribution >= 4 is 10.4 Å². The molecular formula is C6H18N2O5S. The van der Waals surface area contributed by atoms with Crippen LogP contribution in [0.15, 0.2) is 0 Å². The highest BCUT2D eigenvalue weighted by Crippen LogP contribution is 1.76. The molecule has 0 saturated heterocycles. The van der Waals surface area contributed by atoms with Crippen molar-refractivity contribution in [2.45, 2.75) is 0 Å². The molecule has 8 heteroatoms. The van der Waals surface area contributed by atoms with Gasteiger partial charge in [-0.25, -0.2) is 5.26 Å². The molecule has 0 aromatic carbocycles. The number of likely N-dealkylation sites (N-methyl/N-ethyl adjacent to an activating group) is 2. The Balaban J connectivity index is 0. The summed E-state index contributed by atoms with van der Waals surface area (Å²) in [5.41, 5.74) is 0. The maximum absolute atomic E-state index is 9.08. The molecule has 0 aliphatic carbocycles. The highest BCUT2D eigenvalue weighted by molar-refractivity contribution is 7.80. The summed E-state index contributed by atoms with van der Waals surface area (Å²) >= 11 is 0. The lowest BCUT2D eigenvalue weighted by Gasteiger charge is -2.13. The van der Waals surface area contributed by atoms with E-state index in [1.165, 1.54) is 0 Å². The minimum absolute atomic E-state index is 1.15. The van der Waals surface area contributed by atoms with Crippen LogP contribution in [-0.4, -0.2) is 69.3 Å². The summed E-state index contributed by atoms with van der Waals surface area (Å²) in [5.74, 6) is 0. The first kappa shape index (κ1) is 16.2. The Bertz CT molecular complexity index is 206. The lowest BCUT2D eigenvalue weighted by molar-refractivity contribution is -0.139. The van der Waals surface area contributed by atoms with Gasteiger partial charge in [-0.15, -0.1) is 0 Å². The smallest absolute Gasteiger partial charge is 0.308 e. The van der Waals surface area contributed by atoms with Gasteiger partial charge in [-0.05, 0) is 28.2 Å². The number of hydrogen-bond donors (Lipinski definition) is 2. The molecule has 0 aromatic heterocycles. The van der Waals surface area contributed by atoms with Crippen molar-refractivity contribution in [2.24, 2.45) is 0 Å². The molecule has 0 spiro atoms. The van der Waals surface area contributed by atoms with Gasteiger partial charge < -0.3 is 9.80 Å². The molecule has 0 unspecified atom stereocenters. The molecular weight excluding hydrogens is 212 g/mol. The predicted octanol–water partition coefficient (Wildman–Crippen LogP) is -0.612. The van der Waals surface area contributed by atoms with Crippen LogP contribution in [0.4, 0.5) is 0 Å². The van der Waals surface area contributed by atoms with E-state index < -0.39 is 10.4 Å². The van der Waals surface area contributed by atoms with E-state index in [1.54, 1.807) is 0 Å². The van der Waals surface area contributed by atoms with Crippen LogP contribution in [-0.2, 0) is 14.7 Å². The third-order valence-corrected chi connectivity index (χ3v) is 1.28. The van der Waals surface area contributed by atoms with Crippen LogP contribution in [0.2, 0.25) is 0 Å². The van der Waals surface area contributed by atoms with E-state index in [9.17, 15) is 0 Å². The van der Waals surface area contributed by atoms with Crippen LogP contribution in [0.1, 0.15) is 0 Å². The molecule has 0 aliphatic heterocycles. The fraction of sp³-hybridized carbons (Fsp3) is 1.00. The second kappa shape index (κ2) is 8.09. The van der Waals surface area contributed by atoms with E-state index in [0.717, 1.165) is 13.1 Å². The molecule has 0 bridgehead atoms. The number of nitrogens with zero attached hydrogens (tertiary/aromatic N) is 2. The summed E-state index contributed by atoms with van der Waals surface area (Å²) in [5, 5.41) is 7.06. The maximum atomic E-state index is 9.08. The van der Waals surface area contributed by atoms with Crippen molar-refractivity contribution < 1.29 is 22.6 Å². The van der Waals surface area contributed by atoms with Crippen molar-refractivity contribution in [3.05, 3.63) is 0 Å². The quantitative estimate of drug-likeness (QED) is 0.378. The fourth-order valence-electron chi connectivity index (χ4n) is 0.400. The summed E-state index contributed by atoms with van der Waals surface area (Å²) in [6, 6.07) is 0. The topological polar surface area (TPSA) is 90.3 Å². The van der Waals surface area contributed by atoms with Crippen molar-refractivity contribution in [1.29, 1.82) is 0 Å². The summed E-state index contributed by atoms with van der Waals surface area (Å²) in [6.07, 6.45) is 0. The molecule has 0 rings (SSSR count). The molecule has 0 radical (unpaired) electrons. The highest BCUT2D eigenvalue weighted by Gasteiger charge is 1.97. The summed E-state index contributed by atoms with van der Waals surface area (Å²) in [4.78, 5) is 4.36. The minimum atomic E-state index is -4.61. The summed E-state index contributed by atoms with van der Waals surface area (Å²) in [6.45, 7) is 2.29. The van der Waals surface area contributed by atoms with Crippen LogP contribution in [0.5, 0.6) is 0 Å². The van der Waals surface area contributed by atoms with Crippen molar-refractivity contribution in [3.63, 3.8) is 0 Å². The molecule has 88 valence electrons. The first-order chi connectivity index (χ1) is 6.19. The van der Waals surface area contributed by atoms with Gasteiger partial charge in [0.05, 0.1) is 0 Å². The van der Waals surface area contributed by atoms with Crippen LogP contribution in [0, 0.1) is 0 Å². The first-order valence-corrected chi connectivity index (χ1v) is 5.15. The Hall–Kier alpha value is -0.250. The SMILES string of the molecule is CN(C)CCN(C)C.O=S(=O)(O)OO. The van der Waals surface area contributed by atoms with Gasteiger partial charge in [-0.1, -0.05) is 4.33 Å². The largest absolute Gasteiger partial charge is 0.423 e. The molecule has 2 N–H and O–H groups in total. The maximum Gasteiger partial charge on any atom is 0.423 e. The molecule has 0 atom stereocenters. The Labute approximate surface area is 84.8 Å². The van der Waals surface area contributed by atoms with Crippen molar-refractivity contribution in [2.75, 3.05) is 41.3 Å². The lowest BCUT2D eigenvalue weighted by Crippen LogP contribution is -2.25. The zero-order valence-electron chi connectivity index (χ0n) is 8.84. The van der Waals surface area contributed by atoms with Gasteiger partial charge in [-0.3, -0.25) is 4.55 Å². The van der Waals surface area contributed by atoms with Crippen molar-refractivity contribution in [1.82, 2.24) is 9.80 Å². The standard InChI is InChI=1S/C6H16N2.H2O5S/c1-7(2)5-6-8(3)4;1-5-6(2,3)4/h5-6H2,1-4H3;1H,(H,2,3,4). The zero-order valence-corrected chi connectivity index (χ0v) is 9.65. The monoisotopic (exact) mass is 230 g/mol. The Morgan fingerprint density at radius 1 is 1.07 bits per heavy atom. The number of rotatable bonds is 4. The highest BCUT2D eigenvalue weighted by atomic mass is 32.3. The normalized spacial score (nSPS) is 11.4. The minimum Gasteiger partial charge on any atom is -0.308 e. The predicted molar refractivity (Wildman–Crippen MR) is 52.4 cm³/mol. The van der Waals surface area contributed by atoms with Gasteiger partial charge >= 0.3 is 10.4 Å². The third kappa shape index (κ3) is 22.6. The van der Waals surface area contributed by atoms with E-state index >= 15 is 0 Å². The Morgan fingerprint density at radius 2 is 1.29 bits per heavy atom. The summed E-state index contributed by atoms with van der Waals surface area (Å²) in [7, 11) is 3.74. The fourth-order valence-corrected chi connectivity index (χ4v) is 0.400. The molecule has 0 aromatic rings. The third-order valence-electron chi connectivity index (χ3n) is 1.09. The van der Waals surface area contributed by atoms with Crippen LogP contribution < -0.4 is 0 Å². The Kier molecular flexibility index (Phi) is 9.36. The lowest BCUT2D eigenvalue weighted by atomic mass is 10.5. The Morgan fingerprint density at radius 3 is 1.36 bits per heavy atom. The van der Waals surface area contributed by atoms with Crippen LogP contribution >= 0.6 is 0 Å². The van der Waals surface area contributed by atoms with E-state index in [4.69, 9.17) is 18.2 Å². The second-order valence-electron chi connectivity index (χ2n) is 3.11. The van der Waals surface area contributed by atoms with Gasteiger partial charge in [0.1, 0.15) is 0 Å². The van der Waals surface area contributed by atoms with Gasteiger partial charge in [0.25, 0.3) is 0 Å². The van der Waals surface area contributed by atoms with E-state index in [2.05, 4.69) is 42.3 Å². The van der Waals surface area contributed by atoms with Gasteiger partial charge in [-0.2, -0.15) is 8.42 Å². The van der Waals surface area contributed by atoms with E-state index in [-0.39, 0.29) is 0 Å². The number of hydrogen-bond acceptors (Lipinski definition) is 6. The van der Waals surface area contributed by atoms with Crippen molar-refractivity contribution in [3.8, 4) is 0 Å². The average molecular weight is 230 g/mol. The van der Waals surface area contributed by atoms with Gasteiger partial charge in [0.15, 0.2) is 0 Å². The molecule has 0 amide bonds. The second-order valence-corrected chi connectivity index (χ2v) is 4.11. The average Bonchev–Trinajstić information content (AvgIpc) is 2.01.